The lowest BCUT2D eigenvalue weighted by atomic mass is 9.79. The third-order valence-electron chi connectivity index (χ3n) is 5.30. The minimum atomic E-state index is -0.780. The van der Waals surface area contributed by atoms with Gasteiger partial charge in [0.15, 0.2) is 0 Å². The molecule has 2 heterocycles. The normalized spacial score (nSPS) is 22.6. The Morgan fingerprint density at radius 1 is 1.32 bits per heavy atom. The highest BCUT2D eigenvalue weighted by molar-refractivity contribution is 6.08. The molecule has 1 spiro atoms. The number of nitrogens with one attached hydrogen (secondary N) is 3. The number of nitro groups is 1. The van der Waals surface area contributed by atoms with Gasteiger partial charge in [-0.05, 0) is 24.1 Å². The molecule has 0 bridgehead atoms. The molecule has 4 rings (SSSR count). The predicted molar refractivity (Wildman–Crippen MR) is 101 cm³/mol. The number of non-ortho nitro benzene ring substituents is 1. The number of fused-ring (bicyclic) bond motifs is 2. The van der Waals surface area contributed by atoms with Crippen molar-refractivity contribution in [3.63, 3.8) is 0 Å². The molecule has 2 aliphatic rings. The molecule has 0 radical (unpaired) electrons. The zero-order valence-corrected chi connectivity index (χ0v) is 15.0. The minimum Gasteiger partial charge on any atom is -0.494 e. The molecule has 2 aliphatic heterocycles. The van der Waals surface area contributed by atoms with Gasteiger partial charge in [-0.1, -0.05) is 18.2 Å². The number of rotatable bonds is 4. The van der Waals surface area contributed by atoms with E-state index in [-0.39, 0.29) is 23.3 Å². The highest BCUT2D eigenvalue weighted by atomic mass is 16.6. The van der Waals surface area contributed by atoms with Crippen LogP contribution in [0.4, 0.5) is 17.1 Å². The number of nitro benzene ring substituents is 1. The molecular formula is C19H18N4O5. The summed E-state index contributed by atoms with van der Waals surface area (Å²) in [5, 5.41) is 19.6. The van der Waals surface area contributed by atoms with Crippen LogP contribution in [0.1, 0.15) is 12.0 Å². The first-order valence-electron chi connectivity index (χ1n) is 8.72. The first kappa shape index (κ1) is 17.9. The third kappa shape index (κ3) is 2.76. The zero-order chi connectivity index (χ0) is 19.9. The lowest BCUT2D eigenvalue weighted by molar-refractivity contribution is -0.384. The van der Waals surface area contributed by atoms with Crippen LogP contribution in [0, 0.1) is 10.1 Å². The van der Waals surface area contributed by atoms with Gasteiger partial charge in [0.2, 0.25) is 11.8 Å². The summed E-state index contributed by atoms with van der Waals surface area (Å²) in [6, 6.07) is 10.9. The SMILES string of the molecule is COc1cc([N+](=O)[O-])ccc1NC(=O)C1CC2(CN1)C(=O)Nc1ccccc12. The summed E-state index contributed by atoms with van der Waals surface area (Å²) in [5.41, 5.74) is 1.07. The van der Waals surface area contributed by atoms with Crippen molar-refractivity contribution in [1.29, 1.82) is 0 Å². The molecular weight excluding hydrogens is 364 g/mol. The van der Waals surface area contributed by atoms with Crippen LogP contribution < -0.4 is 20.7 Å². The summed E-state index contributed by atoms with van der Waals surface area (Å²) < 4.78 is 5.15. The van der Waals surface area contributed by atoms with Crippen LogP contribution in [0.3, 0.4) is 0 Å². The van der Waals surface area contributed by atoms with Crippen LogP contribution in [-0.4, -0.2) is 36.4 Å². The Balaban J connectivity index is 1.54. The minimum absolute atomic E-state index is 0.121. The zero-order valence-electron chi connectivity index (χ0n) is 15.0. The van der Waals surface area contributed by atoms with E-state index in [1.807, 2.05) is 24.3 Å². The number of amides is 2. The number of anilines is 2. The fraction of sp³-hybridized carbons (Fsp3) is 0.263. The second-order valence-electron chi connectivity index (χ2n) is 6.85. The van der Waals surface area contributed by atoms with Gasteiger partial charge in [-0.3, -0.25) is 19.7 Å². The lowest BCUT2D eigenvalue weighted by Crippen LogP contribution is -2.36. The average Bonchev–Trinajstić information content (AvgIpc) is 3.25. The number of hydrogen-bond acceptors (Lipinski definition) is 6. The summed E-state index contributed by atoms with van der Waals surface area (Å²) in [6.45, 7) is 0.353. The van der Waals surface area contributed by atoms with Gasteiger partial charge in [-0.25, -0.2) is 0 Å². The molecule has 2 aromatic rings. The number of hydrogen-bond donors (Lipinski definition) is 3. The molecule has 2 unspecified atom stereocenters. The quantitative estimate of drug-likeness (QED) is 0.547. The fourth-order valence-corrected chi connectivity index (χ4v) is 3.84. The average molecular weight is 382 g/mol. The molecule has 2 aromatic carbocycles. The number of ether oxygens (including phenoxy) is 1. The third-order valence-corrected chi connectivity index (χ3v) is 5.30. The molecule has 144 valence electrons. The van der Waals surface area contributed by atoms with Crippen molar-refractivity contribution in [3.8, 4) is 5.75 Å². The number of methoxy groups -OCH3 is 1. The van der Waals surface area contributed by atoms with E-state index in [0.29, 0.717) is 18.7 Å². The number of nitrogens with zero attached hydrogens (tertiary/aromatic N) is 1. The van der Waals surface area contributed by atoms with E-state index in [2.05, 4.69) is 16.0 Å². The fourth-order valence-electron chi connectivity index (χ4n) is 3.84. The summed E-state index contributed by atoms with van der Waals surface area (Å²) in [6.07, 6.45) is 0.316. The maximum absolute atomic E-state index is 12.8. The van der Waals surface area contributed by atoms with Crippen LogP contribution >= 0.6 is 0 Å². The van der Waals surface area contributed by atoms with E-state index in [9.17, 15) is 19.7 Å². The number of carbonyl (C=O) groups is 2. The molecule has 1 saturated heterocycles. The maximum atomic E-state index is 12.8. The van der Waals surface area contributed by atoms with Gasteiger partial charge in [-0.15, -0.1) is 0 Å². The Morgan fingerprint density at radius 2 is 2.11 bits per heavy atom. The van der Waals surface area contributed by atoms with Crippen molar-refractivity contribution in [2.24, 2.45) is 0 Å². The molecule has 9 nitrogen and oxygen atoms in total. The molecule has 0 saturated carbocycles. The van der Waals surface area contributed by atoms with Crippen molar-refractivity contribution in [2.45, 2.75) is 17.9 Å². The van der Waals surface area contributed by atoms with Gasteiger partial charge >= 0.3 is 0 Å². The van der Waals surface area contributed by atoms with Gasteiger partial charge in [0, 0.05) is 18.3 Å². The molecule has 2 atom stereocenters. The van der Waals surface area contributed by atoms with Crippen LogP contribution in [0.15, 0.2) is 42.5 Å². The standard InChI is InChI=1S/C19H18N4O5/c1-28-16-8-11(23(26)27)6-7-14(16)21-17(24)15-9-19(10-20-15)12-4-2-3-5-13(12)22-18(19)25/h2-8,15,20H,9-10H2,1H3,(H,21,24)(H,22,25). The molecule has 0 aliphatic carbocycles. The summed E-state index contributed by atoms with van der Waals surface area (Å²) in [5.74, 6) is -0.259. The Bertz CT molecular complexity index is 992. The first-order chi connectivity index (χ1) is 13.4. The van der Waals surface area contributed by atoms with Crippen LogP contribution in [0.2, 0.25) is 0 Å². The number of carbonyl (C=O) groups excluding carboxylic acids is 2. The largest absolute Gasteiger partial charge is 0.494 e. The van der Waals surface area contributed by atoms with E-state index in [1.165, 1.54) is 25.3 Å². The topological polar surface area (TPSA) is 123 Å². The number of benzene rings is 2. The van der Waals surface area contributed by atoms with E-state index in [4.69, 9.17) is 4.74 Å². The Kier molecular flexibility index (Phi) is 4.23. The van der Waals surface area contributed by atoms with Crippen LogP contribution in [-0.2, 0) is 15.0 Å². The van der Waals surface area contributed by atoms with Crippen molar-refractivity contribution < 1.29 is 19.2 Å². The summed E-state index contributed by atoms with van der Waals surface area (Å²) in [7, 11) is 1.37. The Labute approximate surface area is 160 Å². The molecule has 2 amide bonds. The van der Waals surface area contributed by atoms with Crippen molar-refractivity contribution in [1.82, 2.24) is 5.32 Å². The molecule has 1 fully saturated rings. The maximum Gasteiger partial charge on any atom is 0.273 e. The highest BCUT2D eigenvalue weighted by Crippen LogP contribution is 2.43. The summed E-state index contributed by atoms with van der Waals surface area (Å²) >= 11 is 0. The van der Waals surface area contributed by atoms with E-state index in [0.717, 1.165) is 11.3 Å². The van der Waals surface area contributed by atoms with Crippen LogP contribution in [0.5, 0.6) is 5.75 Å². The van der Waals surface area contributed by atoms with Gasteiger partial charge in [0.25, 0.3) is 5.69 Å². The van der Waals surface area contributed by atoms with Crippen molar-refractivity contribution in [2.75, 3.05) is 24.3 Å². The van der Waals surface area contributed by atoms with E-state index >= 15 is 0 Å². The van der Waals surface area contributed by atoms with Gasteiger partial charge < -0.3 is 20.7 Å². The number of para-hydroxylation sites is 1. The Hall–Kier alpha value is -3.46. The predicted octanol–water partition coefficient (Wildman–Crippen LogP) is 1.79. The smallest absolute Gasteiger partial charge is 0.273 e. The van der Waals surface area contributed by atoms with Gasteiger partial charge in [-0.2, -0.15) is 0 Å². The monoisotopic (exact) mass is 382 g/mol. The van der Waals surface area contributed by atoms with Gasteiger partial charge in [0.1, 0.15) is 5.75 Å². The second kappa shape index (κ2) is 6.61. The molecule has 0 aromatic heterocycles. The van der Waals surface area contributed by atoms with Gasteiger partial charge in [0.05, 0.1) is 35.2 Å². The van der Waals surface area contributed by atoms with E-state index in [1.54, 1.807) is 0 Å². The first-order valence-corrected chi connectivity index (χ1v) is 8.72. The van der Waals surface area contributed by atoms with Crippen LogP contribution in [0.25, 0.3) is 0 Å². The molecule has 3 N–H and O–H groups in total. The highest BCUT2D eigenvalue weighted by Gasteiger charge is 2.52. The molecule has 28 heavy (non-hydrogen) atoms. The van der Waals surface area contributed by atoms with Crippen molar-refractivity contribution in [3.05, 3.63) is 58.1 Å². The Morgan fingerprint density at radius 3 is 2.86 bits per heavy atom. The second-order valence-corrected chi connectivity index (χ2v) is 6.85. The van der Waals surface area contributed by atoms with E-state index < -0.39 is 16.4 Å². The van der Waals surface area contributed by atoms with Crippen molar-refractivity contribution >= 4 is 28.9 Å². The summed E-state index contributed by atoms with van der Waals surface area (Å²) in [4.78, 5) is 35.7. The molecule has 9 heteroatoms. The lowest BCUT2D eigenvalue weighted by Gasteiger charge is -2.20.